The van der Waals surface area contributed by atoms with Crippen LogP contribution in [0.4, 0.5) is 0 Å². The van der Waals surface area contributed by atoms with E-state index in [0.717, 1.165) is 0 Å². The summed E-state index contributed by atoms with van der Waals surface area (Å²) in [4.78, 5) is 0. The number of aliphatic hydroxyl groups excluding tert-OH is 4. The van der Waals surface area contributed by atoms with Crippen LogP contribution in [0.25, 0.3) is 0 Å². The average Bonchev–Trinajstić information content (AvgIpc) is 2.12. The summed E-state index contributed by atoms with van der Waals surface area (Å²) in [6, 6.07) is 0. The van der Waals surface area contributed by atoms with Crippen molar-refractivity contribution in [3.05, 3.63) is 0 Å². The van der Waals surface area contributed by atoms with E-state index in [1.54, 1.807) is 13.8 Å². The van der Waals surface area contributed by atoms with E-state index in [1.165, 1.54) is 0 Å². The van der Waals surface area contributed by atoms with Gasteiger partial charge in [0.25, 0.3) is 0 Å². The second-order valence-electron chi connectivity index (χ2n) is 3.30. The van der Waals surface area contributed by atoms with E-state index >= 15 is 0 Å². The molecule has 0 radical (unpaired) electrons. The van der Waals surface area contributed by atoms with Crippen molar-refractivity contribution in [2.24, 2.45) is 11.8 Å². The van der Waals surface area contributed by atoms with Crippen molar-refractivity contribution < 1.29 is 20.4 Å². The molecule has 0 saturated carbocycles. The highest BCUT2D eigenvalue weighted by Crippen LogP contribution is 2.13. The predicted molar refractivity (Wildman–Crippen MR) is 44.5 cm³/mol. The molecule has 12 heavy (non-hydrogen) atoms. The molecule has 0 aromatic carbocycles. The molecule has 0 bridgehead atoms. The molecule has 4 N–H and O–H groups in total. The van der Waals surface area contributed by atoms with Crippen LogP contribution in [0.15, 0.2) is 0 Å². The minimum Gasteiger partial charge on any atom is -0.396 e. The van der Waals surface area contributed by atoms with Crippen molar-refractivity contribution in [1.82, 2.24) is 0 Å². The fourth-order valence-electron chi connectivity index (χ4n) is 0.889. The minimum absolute atomic E-state index is 0.170. The lowest BCUT2D eigenvalue weighted by Gasteiger charge is -2.25. The van der Waals surface area contributed by atoms with Crippen LogP contribution in [0.5, 0.6) is 0 Å². The summed E-state index contributed by atoms with van der Waals surface area (Å²) in [5.74, 6) is -0.733. The summed E-state index contributed by atoms with van der Waals surface area (Å²) in [5, 5.41) is 36.1. The van der Waals surface area contributed by atoms with Gasteiger partial charge in [-0.3, -0.25) is 0 Å². The van der Waals surface area contributed by atoms with E-state index in [2.05, 4.69) is 0 Å². The first-order chi connectivity index (χ1) is 5.54. The Hall–Kier alpha value is -0.160. The highest BCUT2D eigenvalue weighted by atomic mass is 16.3. The summed E-state index contributed by atoms with van der Waals surface area (Å²) >= 11 is 0. The fraction of sp³-hybridized carbons (Fsp3) is 1.00. The van der Waals surface area contributed by atoms with Gasteiger partial charge in [-0.05, 0) is 0 Å². The summed E-state index contributed by atoms with van der Waals surface area (Å²) in [6.07, 6.45) is -1.95. The summed E-state index contributed by atoms with van der Waals surface area (Å²) < 4.78 is 0. The lowest BCUT2D eigenvalue weighted by molar-refractivity contribution is -0.0603. The van der Waals surface area contributed by atoms with Gasteiger partial charge in [-0.2, -0.15) is 0 Å². The third-order valence-corrected chi connectivity index (χ3v) is 2.09. The molecule has 0 aliphatic carbocycles. The van der Waals surface area contributed by atoms with Gasteiger partial charge in [-0.15, -0.1) is 0 Å². The third kappa shape index (κ3) is 3.06. The summed E-state index contributed by atoms with van der Waals surface area (Å²) in [6.45, 7) is 2.93. The van der Waals surface area contributed by atoms with Gasteiger partial charge in [0.2, 0.25) is 0 Å². The summed E-state index contributed by atoms with van der Waals surface area (Å²) in [5.41, 5.74) is 0. The maximum Gasteiger partial charge on any atom is 0.0849 e. The normalized spacial score (nSPS) is 21.5. The van der Waals surface area contributed by atoms with Gasteiger partial charge in [-0.1, -0.05) is 13.8 Å². The Morgan fingerprint density at radius 3 is 1.25 bits per heavy atom. The van der Waals surface area contributed by atoms with E-state index in [9.17, 15) is 10.2 Å². The molecule has 0 amide bonds. The van der Waals surface area contributed by atoms with Gasteiger partial charge in [-0.25, -0.2) is 0 Å². The van der Waals surface area contributed by atoms with Crippen molar-refractivity contribution in [1.29, 1.82) is 0 Å². The van der Waals surface area contributed by atoms with Crippen LogP contribution in [0.3, 0.4) is 0 Å². The Balaban J connectivity index is 3.99. The van der Waals surface area contributed by atoms with E-state index in [4.69, 9.17) is 10.2 Å². The Morgan fingerprint density at radius 1 is 0.833 bits per heavy atom. The monoisotopic (exact) mass is 178 g/mol. The van der Waals surface area contributed by atoms with Crippen LogP contribution in [0, 0.1) is 11.8 Å². The molecule has 74 valence electrons. The van der Waals surface area contributed by atoms with Gasteiger partial charge in [0, 0.05) is 25.0 Å². The van der Waals surface area contributed by atoms with Gasteiger partial charge < -0.3 is 20.4 Å². The number of hydrogen-bond acceptors (Lipinski definition) is 4. The first-order valence-corrected chi connectivity index (χ1v) is 4.12. The number of rotatable bonds is 5. The SMILES string of the molecule is C[C@@H](CO)C(O)[C@H](O)[C@@H](C)CO. The average molecular weight is 178 g/mol. The van der Waals surface area contributed by atoms with Crippen LogP contribution in [-0.2, 0) is 0 Å². The van der Waals surface area contributed by atoms with E-state index in [-0.39, 0.29) is 25.0 Å². The zero-order chi connectivity index (χ0) is 9.72. The Bertz CT molecular complexity index is 104. The molecule has 0 aromatic heterocycles. The van der Waals surface area contributed by atoms with Crippen LogP contribution >= 0.6 is 0 Å². The lowest BCUT2D eigenvalue weighted by Crippen LogP contribution is -2.39. The smallest absolute Gasteiger partial charge is 0.0849 e. The summed E-state index contributed by atoms with van der Waals surface area (Å²) in [7, 11) is 0. The molecule has 4 heteroatoms. The maximum atomic E-state index is 9.37. The van der Waals surface area contributed by atoms with Crippen molar-refractivity contribution in [3.8, 4) is 0 Å². The molecule has 4 atom stereocenters. The van der Waals surface area contributed by atoms with Crippen LogP contribution in [0.1, 0.15) is 13.8 Å². The molecule has 0 saturated heterocycles. The second kappa shape index (κ2) is 5.48. The van der Waals surface area contributed by atoms with Gasteiger partial charge in [0.15, 0.2) is 0 Å². The van der Waals surface area contributed by atoms with Gasteiger partial charge in [0.05, 0.1) is 12.2 Å². The van der Waals surface area contributed by atoms with Crippen molar-refractivity contribution in [3.63, 3.8) is 0 Å². The van der Waals surface area contributed by atoms with E-state index < -0.39 is 12.2 Å². The molecule has 0 heterocycles. The van der Waals surface area contributed by atoms with Gasteiger partial charge in [0.1, 0.15) is 0 Å². The van der Waals surface area contributed by atoms with Crippen molar-refractivity contribution in [2.45, 2.75) is 26.1 Å². The quantitative estimate of drug-likeness (QED) is 0.434. The van der Waals surface area contributed by atoms with Crippen molar-refractivity contribution >= 4 is 0 Å². The fourth-order valence-corrected chi connectivity index (χ4v) is 0.889. The molecule has 0 fully saturated rings. The predicted octanol–water partition coefficient (Wildman–Crippen LogP) is -1.04. The molecule has 0 aromatic rings. The molecular formula is C8H18O4. The Morgan fingerprint density at radius 2 is 1.08 bits per heavy atom. The molecular weight excluding hydrogens is 160 g/mol. The van der Waals surface area contributed by atoms with Crippen LogP contribution < -0.4 is 0 Å². The maximum absolute atomic E-state index is 9.37. The van der Waals surface area contributed by atoms with Crippen LogP contribution in [-0.4, -0.2) is 45.8 Å². The zero-order valence-electron chi connectivity index (χ0n) is 7.51. The number of hydrogen-bond donors (Lipinski definition) is 4. The largest absolute Gasteiger partial charge is 0.396 e. The first kappa shape index (κ1) is 11.8. The molecule has 0 rings (SSSR count). The highest BCUT2D eigenvalue weighted by Gasteiger charge is 2.26. The van der Waals surface area contributed by atoms with Crippen LogP contribution in [0.2, 0.25) is 0 Å². The first-order valence-electron chi connectivity index (χ1n) is 4.12. The van der Waals surface area contributed by atoms with E-state index in [1.807, 2.05) is 0 Å². The second-order valence-corrected chi connectivity index (χ2v) is 3.30. The van der Waals surface area contributed by atoms with E-state index in [0.29, 0.717) is 0 Å². The standard InChI is InChI=1S/C8H18O4/c1-5(3-9)7(11)8(12)6(2)4-10/h5-12H,3-4H2,1-2H3/t5-,6-,7+,8?/m0/s1. The minimum atomic E-state index is -0.975. The molecule has 4 nitrogen and oxygen atoms in total. The Labute approximate surface area is 72.5 Å². The van der Waals surface area contributed by atoms with Gasteiger partial charge >= 0.3 is 0 Å². The third-order valence-electron chi connectivity index (χ3n) is 2.09. The number of aliphatic hydroxyl groups is 4. The lowest BCUT2D eigenvalue weighted by atomic mass is 9.93. The molecule has 1 unspecified atom stereocenters. The molecule has 0 spiro atoms. The zero-order valence-corrected chi connectivity index (χ0v) is 7.51. The topological polar surface area (TPSA) is 80.9 Å². The Kier molecular flexibility index (Phi) is 5.41. The van der Waals surface area contributed by atoms with Crippen molar-refractivity contribution in [2.75, 3.05) is 13.2 Å². The molecule has 0 aliphatic rings. The highest BCUT2D eigenvalue weighted by molar-refractivity contribution is 4.76. The molecule has 0 aliphatic heterocycles.